The number of hydrogen-bond acceptors (Lipinski definition) is 7. The normalized spacial score (nSPS) is 18.8. The summed E-state index contributed by atoms with van der Waals surface area (Å²) in [5.74, 6) is 1.19. The van der Waals surface area contributed by atoms with Gasteiger partial charge in [-0.05, 0) is 24.6 Å². The maximum absolute atomic E-state index is 12.7. The van der Waals surface area contributed by atoms with Crippen LogP contribution in [0.5, 0.6) is 5.75 Å². The molecule has 1 aliphatic heterocycles. The first-order valence-corrected chi connectivity index (χ1v) is 9.26. The minimum atomic E-state index is -0.438. The predicted molar refractivity (Wildman–Crippen MR) is 99.4 cm³/mol. The van der Waals surface area contributed by atoms with E-state index in [0.717, 1.165) is 11.4 Å². The van der Waals surface area contributed by atoms with E-state index in [1.165, 1.54) is 11.8 Å². The molecule has 1 amide bonds. The maximum Gasteiger partial charge on any atom is 0.236 e. The predicted octanol–water partition coefficient (Wildman–Crippen LogP) is 1.77. The van der Waals surface area contributed by atoms with E-state index < -0.39 is 5.25 Å². The fraction of sp³-hybridized carbons (Fsp3) is 0.438. The number of aryl methyl sites for hydroxylation is 1. The lowest BCUT2D eigenvalue weighted by atomic mass is 10.0. The summed E-state index contributed by atoms with van der Waals surface area (Å²) < 4.78 is 12.0. The van der Waals surface area contributed by atoms with Crippen LogP contribution in [0.15, 0.2) is 23.4 Å². The third-order valence-electron chi connectivity index (χ3n) is 4.00. The summed E-state index contributed by atoms with van der Waals surface area (Å²) in [5.41, 5.74) is 4.20. The van der Waals surface area contributed by atoms with Gasteiger partial charge in [-0.25, -0.2) is 4.68 Å². The molecule has 1 aromatic carbocycles. The highest BCUT2D eigenvalue weighted by atomic mass is 35.5. The molecule has 10 heteroatoms. The molecule has 0 bridgehead atoms. The number of hydrogen-bond donors (Lipinski definition) is 2. The summed E-state index contributed by atoms with van der Waals surface area (Å²) in [5, 5.41) is 11.8. The monoisotopic (exact) mass is 397 g/mol. The topological polar surface area (TPSA) is 90.3 Å². The SMILES string of the molecule is COCCNC(=O)[C@@H]1Sc2nnc(C)n2N[C@@H]1c1ccc(OC)c(Cl)c1. The molecule has 3 rings (SSSR count). The Kier molecular flexibility index (Phi) is 5.90. The van der Waals surface area contributed by atoms with Crippen molar-refractivity contribution in [3.05, 3.63) is 34.6 Å². The Morgan fingerprint density at radius 1 is 1.42 bits per heavy atom. The van der Waals surface area contributed by atoms with Crippen molar-refractivity contribution < 1.29 is 14.3 Å². The van der Waals surface area contributed by atoms with E-state index in [9.17, 15) is 4.79 Å². The Balaban J connectivity index is 1.91. The summed E-state index contributed by atoms with van der Waals surface area (Å²) in [6.07, 6.45) is 0. The van der Waals surface area contributed by atoms with Crippen molar-refractivity contribution in [3.63, 3.8) is 0 Å². The maximum atomic E-state index is 12.7. The first-order valence-electron chi connectivity index (χ1n) is 8.00. The van der Waals surface area contributed by atoms with Crippen molar-refractivity contribution in [3.8, 4) is 5.75 Å². The van der Waals surface area contributed by atoms with Crippen LogP contribution in [0.4, 0.5) is 0 Å². The highest BCUT2D eigenvalue weighted by molar-refractivity contribution is 8.00. The number of nitrogens with zero attached hydrogens (tertiary/aromatic N) is 3. The average Bonchev–Trinajstić information content (AvgIpc) is 3.01. The lowest BCUT2D eigenvalue weighted by molar-refractivity contribution is -0.121. The second-order valence-corrected chi connectivity index (χ2v) is 7.20. The van der Waals surface area contributed by atoms with Crippen LogP contribution in [-0.4, -0.2) is 53.4 Å². The number of thioether (sulfide) groups is 1. The van der Waals surface area contributed by atoms with Crippen molar-refractivity contribution in [2.45, 2.75) is 23.4 Å². The van der Waals surface area contributed by atoms with Gasteiger partial charge in [0, 0.05) is 13.7 Å². The molecule has 26 heavy (non-hydrogen) atoms. The second-order valence-electron chi connectivity index (χ2n) is 5.69. The molecule has 0 aliphatic carbocycles. The number of fused-ring (bicyclic) bond motifs is 1. The Morgan fingerprint density at radius 3 is 2.92 bits per heavy atom. The Labute approximate surface area is 160 Å². The van der Waals surface area contributed by atoms with Gasteiger partial charge in [0.25, 0.3) is 0 Å². The molecule has 2 aromatic rings. The van der Waals surface area contributed by atoms with Crippen LogP contribution in [0.25, 0.3) is 0 Å². The summed E-state index contributed by atoms with van der Waals surface area (Å²) in [6, 6.07) is 5.17. The smallest absolute Gasteiger partial charge is 0.236 e. The summed E-state index contributed by atoms with van der Waals surface area (Å²) >= 11 is 7.64. The fourth-order valence-electron chi connectivity index (χ4n) is 2.66. The Morgan fingerprint density at radius 2 is 2.23 bits per heavy atom. The van der Waals surface area contributed by atoms with Gasteiger partial charge in [0.05, 0.1) is 24.8 Å². The van der Waals surface area contributed by atoms with E-state index in [4.69, 9.17) is 21.1 Å². The molecule has 140 valence electrons. The molecule has 2 heterocycles. The number of halogens is 1. The first-order chi connectivity index (χ1) is 12.5. The number of ether oxygens (including phenoxy) is 2. The van der Waals surface area contributed by atoms with Gasteiger partial charge in [-0.2, -0.15) is 0 Å². The second kappa shape index (κ2) is 8.15. The molecule has 0 saturated carbocycles. The van der Waals surface area contributed by atoms with Gasteiger partial charge >= 0.3 is 0 Å². The molecular weight excluding hydrogens is 378 g/mol. The van der Waals surface area contributed by atoms with Crippen molar-refractivity contribution >= 4 is 29.3 Å². The molecule has 0 radical (unpaired) electrons. The number of methoxy groups -OCH3 is 2. The van der Waals surface area contributed by atoms with Gasteiger partial charge < -0.3 is 20.2 Å². The lowest BCUT2D eigenvalue weighted by Crippen LogP contribution is -2.44. The van der Waals surface area contributed by atoms with E-state index in [0.29, 0.717) is 29.1 Å². The minimum absolute atomic E-state index is 0.108. The molecule has 0 saturated heterocycles. The molecule has 0 spiro atoms. The lowest BCUT2D eigenvalue weighted by Gasteiger charge is -2.32. The van der Waals surface area contributed by atoms with Crippen molar-refractivity contribution in [1.82, 2.24) is 20.2 Å². The van der Waals surface area contributed by atoms with Crippen molar-refractivity contribution in [2.75, 3.05) is 32.8 Å². The summed E-state index contributed by atoms with van der Waals surface area (Å²) in [6.45, 7) is 2.74. The van der Waals surface area contributed by atoms with Crippen LogP contribution in [0.3, 0.4) is 0 Å². The molecule has 8 nitrogen and oxygen atoms in total. The van der Waals surface area contributed by atoms with Gasteiger partial charge in [0.15, 0.2) is 0 Å². The average molecular weight is 398 g/mol. The Hall–Kier alpha value is -1.97. The van der Waals surface area contributed by atoms with Gasteiger partial charge in [0.1, 0.15) is 16.8 Å². The molecule has 2 atom stereocenters. The van der Waals surface area contributed by atoms with E-state index >= 15 is 0 Å². The van der Waals surface area contributed by atoms with Gasteiger partial charge in [-0.1, -0.05) is 29.4 Å². The zero-order chi connectivity index (χ0) is 18.7. The van der Waals surface area contributed by atoms with E-state index in [1.54, 1.807) is 31.0 Å². The third-order valence-corrected chi connectivity index (χ3v) is 5.51. The standard InChI is InChI=1S/C16H20ClN5O3S/c1-9-19-20-16-22(9)21-13(10-4-5-12(25-3)11(17)8-10)14(26-16)15(23)18-6-7-24-2/h4-5,8,13-14,21H,6-7H2,1-3H3,(H,18,23)/t13-,14-/m1/s1. The fourth-order valence-corrected chi connectivity index (χ4v) is 4.08. The number of aromatic nitrogens is 3. The molecule has 1 aromatic heterocycles. The first kappa shape index (κ1) is 18.8. The Bertz CT molecular complexity index is 800. The molecule has 2 N–H and O–H groups in total. The van der Waals surface area contributed by atoms with E-state index in [1.807, 2.05) is 13.0 Å². The highest BCUT2D eigenvalue weighted by Gasteiger charge is 2.37. The van der Waals surface area contributed by atoms with Gasteiger partial charge in [0.2, 0.25) is 11.1 Å². The molecule has 0 unspecified atom stereocenters. The van der Waals surface area contributed by atoms with Crippen LogP contribution < -0.4 is 15.5 Å². The number of rotatable bonds is 6. The quantitative estimate of drug-likeness (QED) is 0.718. The summed E-state index contributed by atoms with van der Waals surface area (Å²) in [4.78, 5) is 12.7. The zero-order valence-corrected chi connectivity index (χ0v) is 16.2. The van der Waals surface area contributed by atoms with Crippen LogP contribution in [0.1, 0.15) is 17.4 Å². The number of nitrogens with one attached hydrogen (secondary N) is 2. The van der Waals surface area contributed by atoms with Crippen molar-refractivity contribution in [1.29, 1.82) is 0 Å². The number of carbonyl (C=O) groups is 1. The van der Waals surface area contributed by atoms with E-state index in [-0.39, 0.29) is 11.9 Å². The van der Waals surface area contributed by atoms with Gasteiger partial charge in [-0.15, -0.1) is 10.2 Å². The third kappa shape index (κ3) is 3.74. The minimum Gasteiger partial charge on any atom is -0.495 e. The highest BCUT2D eigenvalue weighted by Crippen LogP contribution is 2.38. The van der Waals surface area contributed by atoms with Crippen LogP contribution >= 0.6 is 23.4 Å². The molecule has 0 fully saturated rings. The largest absolute Gasteiger partial charge is 0.495 e. The van der Waals surface area contributed by atoms with Crippen LogP contribution in [0.2, 0.25) is 5.02 Å². The molecular formula is C16H20ClN5O3S. The van der Waals surface area contributed by atoms with E-state index in [2.05, 4.69) is 20.9 Å². The molecule has 1 aliphatic rings. The van der Waals surface area contributed by atoms with Gasteiger partial charge in [-0.3, -0.25) is 4.79 Å². The zero-order valence-electron chi connectivity index (χ0n) is 14.7. The number of benzene rings is 1. The summed E-state index contributed by atoms with van der Waals surface area (Å²) in [7, 11) is 3.16. The van der Waals surface area contributed by atoms with Crippen LogP contribution in [-0.2, 0) is 9.53 Å². The number of carbonyl (C=O) groups excluding carboxylic acids is 1. The van der Waals surface area contributed by atoms with Crippen molar-refractivity contribution in [2.24, 2.45) is 0 Å². The number of amides is 1. The van der Waals surface area contributed by atoms with Crippen LogP contribution in [0, 0.1) is 6.92 Å².